The topological polar surface area (TPSA) is 81.2 Å². The van der Waals surface area contributed by atoms with Crippen LogP contribution in [0.1, 0.15) is 34.7 Å². The van der Waals surface area contributed by atoms with Crippen LogP contribution in [0.3, 0.4) is 0 Å². The van der Waals surface area contributed by atoms with Crippen molar-refractivity contribution in [2.45, 2.75) is 13.8 Å². The number of fused-ring (bicyclic) bond motifs is 1. The fourth-order valence-corrected chi connectivity index (χ4v) is 2.35. The molecule has 6 nitrogen and oxygen atoms in total. The fraction of sp³-hybridized carbons (Fsp3) is 0.158. The van der Waals surface area contributed by atoms with Gasteiger partial charge in [0.25, 0.3) is 0 Å². The molecule has 0 saturated heterocycles. The highest BCUT2D eigenvalue weighted by molar-refractivity contribution is 5.96. The number of anilines is 2. The maximum absolute atomic E-state index is 12.2. The molecule has 0 spiro atoms. The van der Waals surface area contributed by atoms with Crippen molar-refractivity contribution in [2.24, 2.45) is 0 Å². The first-order valence-corrected chi connectivity index (χ1v) is 7.90. The lowest BCUT2D eigenvalue weighted by molar-refractivity contribution is 0.0520. The molecule has 1 heterocycles. The van der Waals surface area contributed by atoms with E-state index in [0.29, 0.717) is 28.1 Å². The number of nitrogens with one attached hydrogen (secondary N) is 1. The number of carbonyl (C=O) groups is 2. The monoisotopic (exact) mass is 335 g/mol. The Kier molecular flexibility index (Phi) is 4.70. The summed E-state index contributed by atoms with van der Waals surface area (Å²) in [7, 11) is 0. The lowest BCUT2D eigenvalue weighted by atomic mass is 10.1. The summed E-state index contributed by atoms with van der Waals surface area (Å²) in [6.07, 6.45) is 0. The summed E-state index contributed by atoms with van der Waals surface area (Å²) in [6, 6.07) is 14.2. The van der Waals surface area contributed by atoms with Crippen molar-refractivity contribution in [1.29, 1.82) is 0 Å². The van der Waals surface area contributed by atoms with Gasteiger partial charge in [-0.25, -0.2) is 14.8 Å². The molecule has 1 aromatic heterocycles. The minimum atomic E-state index is -0.538. The van der Waals surface area contributed by atoms with Crippen LogP contribution >= 0.6 is 0 Å². The summed E-state index contributed by atoms with van der Waals surface area (Å²) in [6.45, 7) is 3.50. The number of hydrogen-bond donors (Lipinski definition) is 1. The Morgan fingerprint density at radius 2 is 1.64 bits per heavy atom. The first kappa shape index (κ1) is 16.6. The number of esters is 1. The zero-order chi connectivity index (χ0) is 17.8. The van der Waals surface area contributed by atoms with Gasteiger partial charge < -0.3 is 10.1 Å². The van der Waals surface area contributed by atoms with Gasteiger partial charge in [0, 0.05) is 11.3 Å². The zero-order valence-electron chi connectivity index (χ0n) is 13.9. The predicted octanol–water partition coefficient (Wildman–Crippen LogP) is 3.75. The largest absolute Gasteiger partial charge is 0.461 e. The highest BCUT2D eigenvalue weighted by Crippen LogP contribution is 2.22. The smallest absolute Gasteiger partial charge is 0.360 e. The number of aromatic nitrogens is 2. The quantitative estimate of drug-likeness (QED) is 0.565. The van der Waals surface area contributed by atoms with Crippen LogP contribution in [0.2, 0.25) is 0 Å². The van der Waals surface area contributed by atoms with Crippen LogP contribution in [0, 0.1) is 0 Å². The number of benzene rings is 2. The Balaban J connectivity index is 2.01. The second-order valence-electron chi connectivity index (χ2n) is 5.39. The summed E-state index contributed by atoms with van der Waals surface area (Å²) in [5.41, 5.74) is 2.71. The SMILES string of the molecule is CCOC(=O)c1nc2ccccc2nc1Nc1ccc(C(C)=O)cc1. The van der Waals surface area contributed by atoms with Crippen molar-refractivity contribution >= 4 is 34.3 Å². The number of ether oxygens (including phenoxy) is 1. The molecular weight excluding hydrogens is 318 g/mol. The number of nitrogens with zero attached hydrogens (tertiary/aromatic N) is 2. The Morgan fingerprint density at radius 3 is 2.24 bits per heavy atom. The third-order valence-electron chi connectivity index (χ3n) is 3.59. The van der Waals surface area contributed by atoms with Gasteiger partial charge in [0.1, 0.15) is 0 Å². The Bertz CT molecular complexity index is 936. The van der Waals surface area contributed by atoms with Crippen LogP contribution in [-0.2, 0) is 4.74 Å². The molecule has 0 bridgehead atoms. The van der Waals surface area contributed by atoms with Gasteiger partial charge in [-0.1, -0.05) is 12.1 Å². The van der Waals surface area contributed by atoms with Crippen molar-refractivity contribution in [3.8, 4) is 0 Å². The maximum Gasteiger partial charge on any atom is 0.360 e. The lowest BCUT2D eigenvalue weighted by Crippen LogP contribution is -2.12. The van der Waals surface area contributed by atoms with Gasteiger partial charge >= 0.3 is 5.97 Å². The number of hydrogen-bond acceptors (Lipinski definition) is 6. The van der Waals surface area contributed by atoms with E-state index in [1.165, 1.54) is 6.92 Å². The van der Waals surface area contributed by atoms with Crippen molar-refractivity contribution in [3.63, 3.8) is 0 Å². The van der Waals surface area contributed by atoms with Crippen LogP contribution in [0.25, 0.3) is 11.0 Å². The Hall–Kier alpha value is -3.28. The molecule has 0 amide bonds. The molecule has 0 radical (unpaired) electrons. The first-order chi connectivity index (χ1) is 12.1. The highest BCUT2D eigenvalue weighted by Gasteiger charge is 2.18. The molecule has 1 N–H and O–H groups in total. The van der Waals surface area contributed by atoms with Gasteiger partial charge in [-0.15, -0.1) is 0 Å². The van der Waals surface area contributed by atoms with Crippen molar-refractivity contribution in [3.05, 3.63) is 59.8 Å². The van der Waals surface area contributed by atoms with E-state index in [-0.39, 0.29) is 18.1 Å². The second-order valence-corrected chi connectivity index (χ2v) is 5.39. The van der Waals surface area contributed by atoms with E-state index in [0.717, 1.165) is 0 Å². The number of carbonyl (C=O) groups excluding carboxylic acids is 2. The Morgan fingerprint density at radius 1 is 1.00 bits per heavy atom. The zero-order valence-corrected chi connectivity index (χ0v) is 13.9. The van der Waals surface area contributed by atoms with Gasteiger partial charge in [-0.2, -0.15) is 0 Å². The molecule has 2 aromatic carbocycles. The molecule has 0 fully saturated rings. The molecule has 6 heteroatoms. The van der Waals surface area contributed by atoms with E-state index in [2.05, 4.69) is 15.3 Å². The molecule has 3 aromatic rings. The summed E-state index contributed by atoms with van der Waals surface area (Å²) in [5.74, 6) is -0.236. The van der Waals surface area contributed by atoms with Crippen LogP contribution in [0.15, 0.2) is 48.5 Å². The van der Waals surface area contributed by atoms with Gasteiger partial charge in [0.15, 0.2) is 17.3 Å². The van der Waals surface area contributed by atoms with Crippen LogP contribution in [0.4, 0.5) is 11.5 Å². The molecule has 0 aliphatic rings. The number of ketones is 1. The minimum Gasteiger partial charge on any atom is -0.461 e. The summed E-state index contributed by atoms with van der Waals surface area (Å²) in [5, 5.41) is 3.08. The van der Waals surface area contributed by atoms with E-state index in [9.17, 15) is 9.59 Å². The second kappa shape index (κ2) is 7.09. The summed E-state index contributed by atoms with van der Waals surface area (Å²) >= 11 is 0. The first-order valence-electron chi connectivity index (χ1n) is 7.90. The molecule has 126 valence electrons. The highest BCUT2D eigenvalue weighted by atomic mass is 16.5. The average Bonchev–Trinajstić information content (AvgIpc) is 2.61. The van der Waals surface area contributed by atoms with E-state index >= 15 is 0 Å². The number of Topliss-reactive ketones (excluding diaryl/α,β-unsaturated/α-hetero) is 1. The van der Waals surface area contributed by atoms with Gasteiger partial charge in [0.05, 0.1) is 17.6 Å². The molecule has 25 heavy (non-hydrogen) atoms. The molecule has 0 atom stereocenters. The van der Waals surface area contributed by atoms with Crippen molar-refractivity contribution < 1.29 is 14.3 Å². The average molecular weight is 335 g/mol. The van der Waals surface area contributed by atoms with E-state index in [4.69, 9.17) is 4.74 Å². The van der Waals surface area contributed by atoms with Crippen LogP contribution in [-0.4, -0.2) is 28.3 Å². The van der Waals surface area contributed by atoms with Gasteiger partial charge in [-0.3, -0.25) is 4.79 Å². The standard InChI is InChI=1S/C19H17N3O3/c1-3-25-19(24)17-18(22-16-7-5-4-6-15(16)21-17)20-14-10-8-13(9-11-14)12(2)23/h4-11H,3H2,1-2H3,(H,20,22). The van der Waals surface area contributed by atoms with E-state index in [1.807, 2.05) is 18.2 Å². The third kappa shape index (κ3) is 3.63. The predicted molar refractivity (Wildman–Crippen MR) is 95.2 cm³/mol. The maximum atomic E-state index is 12.2. The third-order valence-corrected chi connectivity index (χ3v) is 3.59. The molecule has 0 aliphatic carbocycles. The molecule has 0 saturated carbocycles. The van der Waals surface area contributed by atoms with Gasteiger partial charge in [0.2, 0.25) is 0 Å². The fourth-order valence-electron chi connectivity index (χ4n) is 2.35. The summed E-state index contributed by atoms with van der Waals surface area (Å²) < 4.78 is 5.08. The van der Waals surface area contributed by atoms with Gasteiger partial charge in [-0.05, 0) is 50.2 Å². The lowest BCUT2D eigenvalue weighted by Gasteiger charge is -2.11. The minimum absolute atomic E-state index is 0.00994. The van der Waals surface area contributed by atoms with Crippen LogP contribution < -0.4 is 5.32 Å². The van der Waals surface area contributed by atoms with E-state index < -0.39 is 5.97 Å². The molecule has 0 aliphatic heterocycles. The number of para-hydroxylation sites is 2. The normalized spacial score (nSPS) is 10.5. The van der Waals surface area contributed by atoms with Crippen molar-refractivity contribution in [1.82, 2.24) is 9.97 Å². The van der Waals surface area contributed by atoms with E-state index in [1.54, 1.807) is 37.3 Å². The molecule has 3 rings (SSSR count). The Labute approximate surface area is 144 Å². The molecular formula is C19H17N3O3. The number of rotatable bonds is 5. The van der Waals surface area contributed by atoms with Crippen LogP contribution in [0.5, 0.6) is 0 Å². The van der Waals surface area contributed by atoms with Crippen molar-refractivity contribution in [2.75, 3.05) is 11.9 Å². The summed E-state index contributed by atoms with van der Waals surface area (Å²) in [4.78, 5) is 32.5. The molecule has 0 unspecified atom stereocenters.